The van der Waals surface area contributed by atoms with E-state index in [1.807, 2.05) is 12.1 Å². The minimum atomic E-state index is -4.30. The number of benzene rings is 1. The Kier molecular flexibility index (Phi) is 12.0. The molecule has 0 aromatic heterocycles. The van der Waals surface area contributed by atoms with Gasteiger partial charge in [-0.2, -0.15) is 13.2 Å². The third kappa shape index (κ3) is 11.1. The summed E-state index contributed by atoms with van der Waals surface area (Å²) in [6.07, 6.45) is -4.27. The van der Waals surface area contributed by atoms with Gasteiger partial charge in [-0.05, 0) is 16.5 Å². The summed E-state index contributed by atoms with van der Waals surface area (Å²) >= 11 is 0. The van der Waals surface area contributed by atoms with Crippen LogP contribution in [-0.2, 0) is 22.6 Å². The van der Waals surface area contributed by atoms with Crippen molar-refractivity contribution >= 4 is 29.9 Å². The smallest absolute Gasteiger partial charge is 0.379 e. The van der Waals surface area contributed by atoms with Crippen molar-refractivity contribution in [3.8, 4) is 0 Å². The van der Waals surface area contributed by atoms with Gasteiger partial charge in [-0.25, -0.2) is 0 Å². The summed E-state index contributed by atoms with van der Waals surface area (Å²) in [4.78, 5) is 4.18. The molecule has 0 aliphatic heterocycles. The Morgan fingerprint density at radius 1 is 1.07 bits per heavy atom. The molecule has 0 amide bonds. The summed E-state index contributed by atoms with van der Waals surface area (Å²) < 4.78 is 46.4. The molecule has 28 heavy (non-hydrogen) atoms. The third-order valence-electron chi connectivity index (χ3n) is 3.95. The molecule has 5 nitrogen and oxygen atoms in total. The number of alkyl halides is 3. The van der Waals surface area contributed by atoms with Gasteiger partial charge >= 0.3 is 6.18 Å². The maximum Gasteiger partial charge on any atom is 0.411 e. The SMILES string of the molecule is CN=C(NCc1ccc(COCC(F)(F)F)cc1)NCC(OC)C(C)(C)C.I. The van der Waals surface area contributed by atoms with E-state index in [0.717, 1.165) is 5.56 Å². The minimum absolute atomic E-state index is 0. The van der Waals surface area contributed by atoms with Crippen LogP contribution in [-0.4, -0.2) is 45.5 Å². The fraction of sp³-hybridized carbons (Fsp3) is 0.632. The molecular formula is C19H31F3IN3O2. The summed E-state index contributed by atoms with van der Waals surface area (Å²) in [6, 6.07) is 7.20. The molecule has 0 fully saturated rings. The van der Waals surface area contributed by atoms with Crippen LogP contribution in [0.25, 0.3) is 0 Å². The topological polar surface area (TPSA) is 54.9 Å². The second kappa shape index (κ2) is 12.5. The maximum absolute atomic E-state index is 12.1. The number of nitrogens with one attached hydrogen (secondary N) is 2. The first-order chi connectivity index (χ1) is 12.5. The highest BCUT2D eigenvalue weighted by Crippen LogP contribution is 2.21. The van der Waals surface area contributed by atoms with Gasteiger partial charge in [0.15, 0.2) is 5.96 Å². The number of rotatable bonds is 8. The molecule has 1 aromatic carbocycles. The van der Waals surface area contributed by atoms with Gasteiger partial charge in [0.2, 0.25) is 0 Å². The van der Waals surface area contributed by atoms with Crippen LogP contribution in [0, 0.1) is 5.41 Å². The van der Waals surface area contributed by atoms with Crippen LogP contribution in [0.15, 0.2) is 29.3 Å². The van der Waals surface area contributed by atoms with E-state index in [-0.39, 0.29) is 42.1 Å². The van der Waals surface area contributed by atoms with Crippen LogP contribution in [0.1, 0.15) is 31.9 Å². The van der Waals surface area contributed by atoms with Crippen LogP contribution >= 0.6 is 24.0 Å². The quantitative estimate of drug-likeness (QED) is 0.310. The Morgan fingerprint density at radius 3 is 2.11 bits per heavy atom. The second-order valence-corrected chi connectivity index (χ2v) is 7.32. The fourth-order valence-electron chi connectivity index (χ4n) is 2.38. The molecular weight excluding hydrogens is 486 g/mol. The van der Waals surface area contributed by atoms with Crippen LogP contribution in [0.2, 0.25) is 0 Å². The standard InChI is InChI=1S/C19H30F3N3O2.HI/c1-18(2,3)16(26-5)11-25-17(23-4)24-10-14-6-8-15(9-7-14)12-27-13-19(20,21)22;/h6-9,16H,10-13H2,1-5H3,(H2,23,24,25);1H. The Labute approximate surface area is 182 Å². The monoisotopic (exact) mass is 517 g/mol. The molecule has 162 valence electrons. The lowest BCUT2D eigenvalue weighted by Gasteiger charge is -2.30. The second-order valence-electron chi connectivity index (χ2n) is 7.32. The highest BCUT2D eigenvalue weighted by molar-refractivity contribution is 14.0. The van der Waals surface area contributed by atoms with Gasteiger partial charge in [-0.1, -0.05) is 45.0 Å². The molecule has 1 aromatic rings. The number of hydrogen-bond donors (Lipinski definition) is 2. The number of hydrogen-bond acceptors (Lipinski definition) is 3. The number of aliphatic imine (C=N–C) groups is 1. The van der Waals surface area contributed by atoms with Crippen molar-refractivity contribution in [2.45, 2.75) is 46.2 Å². The van der Waals surface area contributed by atoms with E-state index < -0.39 is 12.8 Å². The van der Waals surface area contributed by atoms with Crippen LogP contribution < -0.4 is 10.6 Å². The Morgan fingerprint density at radius 2 is 1.64 bits per heavy atom. The van der Waals surface area contributed by atoms with Crippen LogP contribution in [0.5, 0.6) is 0 Å². The first-order valence-corrected chi connectivity index (χ1v) is 8.75. The molecule has 0 aliphatic rings. The molecule has 0 aliphatic carbocycles. The zero-order valence-electron chi connectivity index (χ0n) is 17.0. The molecule has 0 radical (unpaired) electrons. The summed E-state index contributed by atoms with van der Waals surface area (Å²) in [5.41, 5.74) is 1.68. The molecule has 9 heteroatoms. The van der Waals surface area contributed by atoms with E-state index in [9.17, 15) is 13.2 Å². The van der Waals surface area contributed by atoms with Gasteiger partial charge < -0.3 is 20.1 Å². The van der Waals surface area contributed by atoms with Gasteiger partial charge in [0, 0.05) is 27.2 Å². The molecule has 0 saturated heterocycles. The van der Waals surface area contributed by atoms with Gasteiger partial charge in [-0.15, -0.1) is 24.0 Å². The van der Waals surface area contributed by atoms with Crippen LogP contribution in [0.3, 0.4) is 0 Å². The summed E-state index contributed by atoms with van der Waals surface area (Å²) in [7, 11) is 3.38. The first-order valence-electron chi connectivity index (χ1n) is 8.75. The number of ether oxygens (including phenoxy) is 2. The van der Waals surface area contributed by atoms with Crippen molar-refractivity contribution in [2.24, 2.45) is 10.4 Å². The van der Waals surface area contributed by atoms with Gasteiger partial charge in [0.1, 0.15) is 6.61 Å². The van der Waals surface area contributed by atoms with Crippen molar-refractivity contribution in [3.63, 3.8) is 0 Å². The van der Waals surface area contributed by atoms with Gasteiger partial charge in [-0.3, -0.25) is 4.99 Å². The molecule has 0 bridgehead atoms. The van der Waals surface area contributed by atoms with E-state index in [4.69, 9.17) is 4.74 Å². The Balaban J connectivity index is 0.00000729. The van der Waals surface area contributed by atoms with Crippen molar-refractivity contribution in [2.75, 3.05) is 27.3 Å². The van der Waals surface area contributed by atoms with E-state index >= 15 is 0 Å². The van der Waals surface area contributed by atoms with E-state index in [0.29, 0.717) is 24.6 Å². The Bertz CT molecular complexity index is 588. The van der Waals surface area contributed by atoms with E-state index in [1.54, 1.807) is 26.3 Å². The molecule has 1 atom stereocenters. The van der Waals surface area contributed by atoms with Crippen molar-refractivity contribution in [3.05, 3.63) is 35.4 Å². The normalized spacial score (nSPS) is 13.6. The zero-order chi connectivity index (χ0) is 20.5. The minimum Gasteiger partial charge on any atom is -0.379 e. The molecule has 2 N–H and O–H groups in total. The lowest BCUT2D eigenvalue weighted by atomic mass is 9.89. The molecule has 0 spiro atoms. The fourth-order valence-corrected chi connectivity index (χ4v) is 2.38. The Hall–Kier alpha value is -1.07. The number of halogens is 4. The lowest BCUT2D eigenvalue weighted by molar-refractivity contribution is -0.176. The number of methoxy groups -OCH3 is 1. The molecule has 0 heterocycles. The lowest BCUT2D eigenvalue weighted by Crippen LogP contribution is -2.45. The van der Waals surface area contributed by atoms with Crippen LogP contribution in [0.4, 0.5) is 13.2 Å². The molecule has 0 saturated carbocycles. The highest BCUT2D eigenvalue weighted by Gasteiger charge is 2.27. The van der Waals surface area contributed by atoms with Gasteiger partial charge in [0.25, 0.3) is 0 Å². The van der Waals surface area contributed by atoms with Gasteiger partial charge in [0.05, 0.1) is 12.7 Å². The van der Waals surface area contributed by atoms with Crippen molar-refractivity contribution < 1.29 is 22.6 Å². The van der Waals surface area contributed by atoms with Crippen molar-refractivity contribution in [1.82, 2.24) is 10.6 Å². The van der Waals surface area contributed by atoms with E-state index in [2.05, 4.69) is 41.1 Å². The summed E-state index contributed by atoms with van der Waals surface area (Å²) in [5.74, 6) is 0.652. The summed E-state index contributed by atoms with van der Waals surface area (Å²) in [6.45, 7) is 6.18. The van der Waals surface area contributed by atoms with Crippen molar-refractivity contribution in [1.29, 1.82) is 0 Å². The predicted molar refractivity (Wildman–Crippen MR) is 116 cm³/mol. The third-order valence-corrected chi connectivity index (χ3v) is 3.95. The summed E-state index contributed by atoms with van der Waals surface area (Å²) in [5, 5.41) is 6.44. The zero-order valence-corrected chi connectivity index (χ0v) is 19.4. The largest absolute Gasteiger partial charge is 0.411 e. The average Bonchev–Trinajstić information content (AvgIpc) is 2.57. The number of guanidine groups is 1. The molecule has 1 rings (SSSR count). The first kappa shape index (κ1) is 26.9. The average molecular weight is 517 g/mol. The maximum atomic E-state index is 12.1. The highest BCUT2D eigenvalue weighted by atomic mass is 127. The molecule has 1 unspecified atom stereocenters. The van der Waals surface area contributed by atoms with E-state index in [1.165, 1.54) is 0 Å². The number of nitrogens with zero attached hydrogens (tertiary/aromatic N) is 1. The predicted octanol–water partition coefficient (Wildman–Crippen LogP) is 4.11.